The summed E-state index contributed by atoms with van der Waals surface area (Å²) in [5.41, 5.74) is 0. The van der Waals surface area contributed by atoms with Crippen LogP contribution < -0.4 is 21.3 Å². The second kappa shape index (κ2) is 24.0. The standard InChI is InChI=1S/C34H61N5O9/c1-6-9-11-12-13-14-15-16-19-28-23(4)34(47)39(5)27(18-10-7-2)33(46)36-24(17-8-3)31(44)38-26(22-41)32(45)37-25(21-40)30(43)35-20-29(42)48-28/h23-28,40-41H,6-22H2,1-5H3,(H,35,43)(H,36,46)(H,37,45)(H,38,44)/t23-,24+,25+,26+,27+,28?/m1/s1. The largest absolute Gasteiger partial charge is 0.460 e. The summed E-state index contributed by atoms with van der Waals surface area (Å²) in [6.07, 6.45) is 10.4. The predicted molar refractivity (Wildman–Crippen MR) is 180 cm³/mol. The molecular weight excluding hydrogens is 622 g/mol. The normalized spacial score (nSPS) is 25.6. The van der Waals surface area contributed by atoms with Gasteiger partial charge in [-0.1, -0.05) is 91.9 Å². The van der Waals surface area contributed by atoms with Crippen LogP contribution in [0.2, 0.25) is 0 Å². The van der Waals surface area contributed by atoms with Crippen LogP contribution >= 0.6 is 0 Å². The zero-order chi connectivity index (χ0) is 36.1. The van der Waals surface area contributed by atoms with Crippen molar-refractivity contribution < 1.29 is 43.7 Å². The van der Waals surface area contributed by atoms with Crippen LogP contribution in [0.5, 0.6) is 0 Å². The van der Waals surface area contributed by atoms with Gasteiger partial charge >= 0.3 is 5.97 Å². The van der Waals surface area contributed by atoms with Crippen molar-refractivity contribution in [1.82, 2.24) is 26.2 Å². The fourth-order valence-electron chi connectivity index (χ4n) is 5.67. The summed E-state index contributed by atoms with van der Waals surface area (Å²) in [6.45, 7) is 5.35. The zero-order valence-corrected chi connectivity index (χ0v) is 29.7. The highest BCUT2D eigenvalue weighted by atomic mass is 16.5. The molecule has 0 aliphatic carbocycles. The van der Waals surface area contributed by atoms with Crippen molar-refractivity contribution in [3.8, 4) is 0 Å². The van der Waals surface area contributed by atoms with Gasteiger partial charge in [0.25, 0.3) is 0 Å². The number of nitrogens with zero attached hydrogens (tertiary/aromatic N) is 1. The van der Waals surface area contributed by atoms with Crippen molar-refractivity contribution in [3.63, 3.8) is 0 Å². The maximum Gasteiger partial charge on any atom is 0.325 e. The first kappa shape index (κ1) is 42.8. The number of aliphatic hydroxyl groups excluding tert-OH is 2. The molecule has 1 saturated heterocycles. The molecule has 14 nitrogen and oxygen atoms in total. The molecule has 0 radical (unpaired) electrons. The average molecular weight is 684 g/mol. The number of cyclic esters (lactones) is 1. The third-order valence-electron chi connectivity index (χ3n) is 8.77. The number of esters is 1. The zero-order valence-electron chi connectivity index (χ0n) is 29.7. The minimum Gasteiger partial charge on any atom is -0.460 e. The molecule has 0 saturated carbocycles. The van der Waals surface area contributed by atoms with E-state index in [4.69, 9.17) is 4.74 Å². The molecule has 5 amide bonds. The van der Waals surface area contributed by atoms with Crippen LogP contribution in [-0.2, 0) is 33.5 Å². The third kappa shape index (κ3) is 14.9. The fourth-order valence-corrected chi connectivity index (χ4v) is 5.67. The van der Waals surface area contributed by atoms with Gasteiger partial charge in [0.15, 0.2) is 0 Å². The Morgan fingerprint density at radius 3 is 1.73 bits per heavy atom. The molecule has 0 aromatic heterocycles. The molecule has 1 unspecified atom stereocenters. The summed E-state index contributed by atoms with van der Waals surface area (Å²) < 4.78 is 5.75. The van der Waals surface area contributed by atoms with Crippen molar-refractivity contribution >= 4 is 35.5 Å². The number of carbonyl (C=O) groups is 6. The van der Waals surface area contributed by atoms with Crippen LogP contribution in [0.1, 0.15) is 118 Å². The molecule has 6 N–H and O–H groups in total. The summed E-state index contributed by atoms with van der Waals surface area (Å²) in [6, 6.07) is -4.99. The lowest BCUT2D eigenvalue weighted by molar-refractivity contribution is -0.157. The second-order valence-corrected chi connectivity index (χ2v) is 12.7. The van der Waals surface area contributed by atoms with Crippen LogP contribution in [0.15, 0.2) is 0 Å². The summed E-state index contributed by atoms with van der Waals surface area (Å²) in [5.74, 6) is -5.15. The molecular formula is C34H61N5O9. The Kier molecular flexibility index (Phi) is 21.4. The molecule has 0 spiro atoms. The van der Waals surface area contributed by atoms with Crippen LogP contribution in [0, 0.1) is 5.92 Å². The predicted octanol–water partition coefficient (Wildman–Crippen LogP) is 1.45. The molecule has 1 aliphatic rings. The lowest BCUT2D eigenvalue weighted by atomic mass is 9.95. The average Bonchev–Trinajstić information content (AvgIpc) is 3.07. The Labute approximate surface area is 285 Å². The third-order valence-corrected chi connectivity index (χ3v) is 8.77. The Hall–Kier alpha value is -3.26. The smallest absolute Gasteiger partial charge is 0.325 e. The number of aliphatic hydroxyl groups is 2. The Morgan fingerprint density at radius 1 is 0.646 bits per heavy atom. The molecule has 6 atom stereocenters. The van der Waals surface area contributed by atoms with E-state index in [2.05, 4.69) is 28.2 Å². The fraction of sp³-hybridized carbons (Fsp3) is 0.824. The van der Waals surface area contributed by atoms with Gasteiger partial charge in [0, 0.05) is 7.05 Å². The van der Waals surface area contributed by atoms with Gasteiger partial charge in [-0.15, -0.1) is 0 Å². The number of nitrogens with one attached hydrogen (secondary N) is 4. The number of hydrogen-bond acceptors (Lipinski definition) is 9. The molecule has 0 aromatic rings. The van der Waals surface area contributed by atoms with Crippen LogP contribution in [0.25, 0.3) is 0 Å². The lowest BCUT2D eigenvalue weighted by Crippen LogP contribution is -2.59. The van der Waals surface area contributed by atoms with Gasteiger partial charge in [-0.3, -0.25) is 28.8 Å². The second-order valence-electron chi connectivity index (χ2n) is 12.7. The molecule has 0 aromatic carbocycles. The van der Waals surface area contributed by atoms with Gasteiger partial charge in [-0.2, -0.15) is 0 Å². The van der Waals surface area contributed by atoms with Crippen molar-refractivity contribution in [1.29, 1.82) is 0 Å². The summed E-state index contributed by atoms with van der Waals surface area (Å²) >= 11 is 0. The topological polar surface area (TPSA) is 203 Å². The van der Waals surface area contributed by atoms with Crippen molar-refractivity contribution in [3.05, 3.63) is 0 Å². The minimum atomic E-state index is -1.50. The van der Waals surface area contributed by atoms with Crippen molar-refractivity contribution in [2.24, 2.45) is 5.92 Å². The van der Waals surface area contributed by atoms with Gasteiger partial charge < -0.3 is 41.1 Å². The number of unbranched alkanes of at least 4 members (excludes halogenated alkanes) is 8. The van der Waals surface area contributed by atoms with Crippen LogP contribution in [0.3, 0.4) is 0 Å². The van der Waals surface area contributed by atoms with Gasteiger partial charge in [-0.05, 0) is 25.7 Å². The highest BCUT2D eigenvalue weighted by Crippen LogP contribution is 2.21. The van der Waals surface area contributed by atoms with E-state index >= 15 is 0 Å². The monoisotopic (exact) mass is 683 g/mol. The lowest BCUT2D eigenvalue weighted by Gasteiger charge is -2.33. The van der Waals surface area contributed by atoms with E-state index in [-0.39, 0.29) is 6.42 Å². The quantitative estimate of drug-likeness (QED) is 0.103. The summed E-state index contributed by atoms with van der Waals surface area (Å²) in [4.78, 5) is 80.7. The SMILES string of the molecule is CCCCCCCCCCC1OC(=O)CNC(=O)[C@H](CO)NC(=O)[C@H](CO)NC(=O)[C@H](CCC)NC(=O)[C@H](CCCC)N(C)C(=O)[C@@H]1C. The molecule has 48 heavy (non-hydrogen) atoms. The van der Waals surface area contributed by atoms with E-state index in [1.807, 2.05) is 13.8 Å². The first-order valence-electron chi connectivity index (χ1n) is 17.8. The summed E-state index contributed by atoms with van der Waals surface area (Å²) in [7, 11) is 1.52. The van der Waals surface area contributed by atoms with E-state index in [0.717, 1.165) is 32.1 Å². The van der Waals surface area contributed by atoms with Crippen molar-refractivity contribution in [2.75, 3.05) is 26.8 Å². The first-order valence-corrected chi connectivity index (χ1v) is 17.8. The molecule has 0 bridgehead atoms. The van der Waals surface area contributed by atoms with E-state index in [1.165, 1.54) is 31.2 Å². The number of carbonyl (C=O) groups excluding carboxylic acids is 6. The number of ether oxygens (including phenoxy) is 1. The van der Waals surface area contributed by atoms with E-state index in [9.17, 15) is 39.0 Å². The van der Waals surface area contributed by atoms with Crippen LogP contribution in [0.4, 0.5) is 0 Å². The number of hydrogen-bond donors (Lipinski definition) is 6. The van der Waals surface area contributed by atoms with Crippen LogP contribution in [-0.4, -0.2) is 108 Å². The molecule has 14 heteroatoms. The maximum absolute atomic E-state index is 13.9. The Morgan fingerprint density at radius 2 is 1.17 bits per heavy atom. The molecule has 276 valence electrons. The van der Waals surface area contributed by atoms with E-state index in [0.29, 0.717) is 32.1 Å². The molecule has 1 rings (SSSR count). The Bertz CT molecular complexity index is 1030. The molecule has 1 heterocycles. The number of likely N-dealkylation sites (N-methyl/N-ethyl adjacent to an activating group) is 1. The van der Waals surface area contributed by atoms with E-state index < -0.39 is 91.5 Å². The number of rotatable bonds is 16. The highest BCUT2D eigenvalue weighted by Gasteiger charge is 2.36. The molecule has 1 aliphatic heterocycles. The first-order chi connectivity index (χ1) is 22.9. The van der Waals surface area contributed by atoms with Gasteiger partial charge in [0.2, 0.25) is 29.5 Å². The van der Waals surface area contributed by atoms with Crippen molar-refractivity contribution in [2.45, 2.75) is 148 Å². The maximum atomic E-state index is 13.9. The van der Waals surface area contributed by atoms with Gasteiger partial charge in [0.1, 0.15) is 36.8 Å². The minimum absolute atomic E-state index is 0.213. The van der Waals surface area contributed by atoms with Gasteiger partial charge in [-0.25, -0.2) is 0 Å². The summed E-state index contributed by atoms with van der Waals surface area (Å²) in [5, 5.41) is 29.4. The number of amides is 5. The van der Waals surface area contributed by atoms with E-state index in [1.54, 1.807) is 6.92 Å². The Balaban J connectivity index is 3.38. The molecule has 1 fully saturated rings. The highest BCUT2D eigenvalue weighted by molar-refractivity contribution is 5.96. The van der Waals surface area contributed by atoms with Gasteiger partial charge in [0.05, 0.1) is 19.1 Å².